The Morgan fingerprint density at radius 1 is 0.472 bits per heavy atom. The van der Waals surface area contributed by atoms with Gasteiger partial charge in [-0.1, -0.05) is 129 Å². The molecule has 1 aliphatic carbocycles. The van der Waals surface area contributed by atoms with Crippen LogP contribution in [0.1, 0.15) is 30.5 Å². The summed E-state index contributed by atoms with van der Waals surface area (Å²) in [7, 11) is 0. The Labute approximate surface area is 309 Å². The van der Waals surface area contributed by atoms with E-state index in [4.69, 9.17) is 9.97 Å². The van der Waals surface area contributed by atoms with E-state index in [0.717, 1.165) is 72.6 Å². The number of hydrogen-bond donors (Lipinski definition) is 0. The molecule has 0 aliphatic heterocycles. The van der Waals surface area contributed by atoms with E-state index in [1.165, 1.54) is 16.7 Å². The fraction of sp³-hybridized carbons (Fsp3) is 0.0612. The molecule has 0 spiro atoms. The predicted molar refractivity (Wildman–Crippen MR) is 215 cm³/mol. The van der Waals surface area contributed by atoms with Gasteiger partial charge in [-0.05, 0) is 92.5 Å². The number of rotatable bonds is 6. The molecule has 2 aromatic heterocycles. The molecule has 2 heterocycles. The third kappa shape index (κ3) is 5.79. The highest BCUT2D eigenvalue weighted by atomic mass is 14.9. The molecule has 0 fully saturated rings. The fourth-order valence-electron chi connectivity index (χ4n) is 7.72. The lowest BCUT2D eigenvalue weighted by Crippen LogP contribution is -2.16. The zero-order valence-electron chi connectivity index (χ0n) is 29.5. The van der Waals surface area contributed by atoms with Gasteiger partial charge in [-0.25, -0.2) is 9.97 Å². The number of hydrogen-bond acceptors (Lipinski definition) is 4. The number of fused-ring (bicyclic) bond motifs is 3. The third-order valence-electron chi connectivity index (χ3n) is 10.4. The van der Waals surface area contributed by atoms with Gasteiger partial charge in [0.05, 0.1) is 23.0 Å². The van der Waals surface area contributed by atoms with Crippen molar-refractivity contribution in [1.82, 2.24) is 15.0 Å². The van der Waals surface area contributed by atoms with E-state index < -0.39 is 0 Å². The number of aromatic nitrogens is 3. The number of nitrogens with zero attached hydrogens (tertiary/aromatic N) is 4. The largest absolute Gasteiger partial charge is 0.264 e. The molecule has 8 aromatic rings. The van der Waals surface area contributed by atoms with E-state index >= 15 is 0 Å². The second kappa shape index (κ2) is 13.0. The normalized spacial score (nSPS) is 12.5. The third-order valence-corrected chi connectivity index (χ3v) is 10.4. The molecule has 0 N–H and O–H groups in total. The van der Waals surface area contributed by atoms with Crippen LogP contribution in [0, 0.1) is 11.3 Å². The maximum atomic E-state index is 10.0. The van der Waals surface area contributed by atoms with Gasteiger partial charge in [0.15, 0.2) is 5.82 Å². The van der Waals surface area contributed by atoms with Crippen molar-refractivity contribution in [3.05, 3.63) is 187 Å². The van der Waals surface area contributed by atoms with Crippen molar-refractivity contribution in [3.8, 4) is 84.5 Å². The predicted octanol–water partition coefficient (Wildman–Crippen LogP) is 12.1. The molecule has 9 rings (SSSR count). The maximum absolute atomic E-state index is 10.0. The molecule has 0 bridgehead atoms. The van der Waals surface area contributed by atoms with E-state index in [0.29, 0.717) is 5.82 Å². The Balaban J connectivity index is 1.21. The van der Waals surface area contributed by atoms with Crippen LogP contribution in [0.15, 0.2) is 170 Å². The van der Waals surface area contributed by atoms with Crippen LogP contribution in [0.5, 0.6) is 0 Å². The van der Waals surface area contributed by atoms with Gasteiger partial charge in [0.25, 0.3) is 0 Å². The van der Waals surface area contributed by atoms with Crippen molar-refractivity contribution in [2.24, 2.45) is 0 Å². The Hall–Kier alpha value is -6.96. The van der Waals surface area contributed by atoms with E-state index in [2.05, 4.69) is 140 Å². The summed E-state index contributed by atoms with van der Waals surface area (Å²) in [5, 5.41) is 10.0. The van der Waals surface area contributed by atoms with Gasteiger partial charge in [-0.3, -0.25) is 4.98 Å². The van der Waals surface area contributed by atoms with Gasteiger partial charge in [0, 0.05) is 40.1 Å². The minimum atomic E-state index is -0.320. The van der Waals surface area contributed by atoms with Crippen molar-refractivity contribution in [2.45, 2.75) is 19.3 Å². The number of nitriles is 1. The second-order valence-electron chi connectivity index (χ2n) is 14.0. The fourth-order valence-corrected chi connectivity index (χ4v) is 7.72. The summed E-state index contributed by atoms with van der Waals surface area (Å²) >= 11 is 0. The lowest BCUT2D eigenvalue weighted by Gasteiger charge is -2.23. The highest BCUT2D eigenvalue weighted by Crippen LogP contribution is 2.51. The standard InChI is InChI=1S/C49H34N4/c1-49(2)44-28-36(22-23-42(44)43-17-9-15-37(30-50)47(43)49)39-25-40(38-16-10-24-51-31-38)27-41(26-39)46-29-45(52-48(53-46)35-13-7-4-8-14-35)34-20-18-33(19-21-34)32-11-5-3-6-12-32/h3-29,31H,1-2H3. The molecule has 53 heavy (non-hydrogen) atoms. The molecule has 0 saturated carbocycles. The van der Waals surface area contributed by atoms with Gasteiger partial charge in [-0.2, -0.15) is 5.26 Å². The smallest absolute Gasteiger partial charge is 0.160 e. The summed E-state index contributed by atoms with van der Waals surface area (Å²) in [4.78, 5) is 14.8. The SMILES string of the molecule is CC1(C)c2cc(-c3cc(-c4cccnc4)cc(-c4cc(-c5ccc(-c6ccccc6)cc5)nc(-c5ccccc5)n4)c3)ccc2-c2cccc(C#N)c21. The molecule has 250 valence electrons. The van der Waals surface area contributed by atoms with Gasteiger partial charge in [0.1, 0.15) is 0 Å². The molecular weight excluding hydrogens is 645 g/mol. The minimum Gasteiger partial charge on any atom is -0.264 e. The topological polar surface area (TPSA) is 62.5 Å². The van der Waals surface area contributed by atoms with E-state index in [1.807, 2.05) is 48.7 Å². The molecule has 0 unspecified atom stereocenters. The van der Waals surface area contributed by atoms with Crippen LogP contribution in [0.25, 0.3) is 78.4 Å². The lowest BCUT2D eigenvalue weighted by molar-refractivity contribution is 0.658. The first-order valence-electron chi connectivity index (χ1n) is 17.8. The minimum absolute atomic E-state index is 0.320. The highest BCUT2D eigenvalue weighted by molar-refractivity contribution is 5.87. The number of benzene rings is 6. The molecule has 1 aliphatic rings. The Morgan fingerprint density at radius 3 is 1.77 bits per heavy atom. The second-order valence-corrected chi connectivity index (χ2v) is 14.0. The van der Waals surface area contributed by atoms with Crippen LogP contribution in [0.3, 0.4) is 0 Å². The number of pyridine rings is 1. The summed E-state index contributed by atoms with van der Waals surface area (Å²) in [6, 6.07) is 57.2. The summed E-state index contributed by atoms with van der Waals surface area (Å²) in [6.45, 7) is 4.44. The summed E-state index contributed by atoms with van der Waals surface area (Å²) in [5.74, 6) is 0.670. The summed E-state index contributed by atoms with van der Waals surface area (Å²) in [6.07, 6.45) is 3.71. The van der Waals surface area contributed by atoms with Crippen molar-refractivity contribution >= 4 is 0 Å². The van der Waals surface area contributed by atoms with Crippen LogP contribution >= 0.6 is 0 Å². The van der Waals surface area contributed by atoms with Crippen LogP contribution in [-0.2, 0) is 5.41 Å². The highest BCUT2D eigenvalue weighted by Gasteiger charge is 2.37. The van der Waals surface area contributed by atoms with Crippen LogP contribution in [0.2, 0.25) is 0 Å². The van der Waals surface area contributed by atoms with Crippen molar-refractivity contribution in [2.75, 3.05) is 0 Å². The van der Waals surface area contributed by atoms with Crippen molar-refractivity contribution in [1.29, 1.82) is 5.26 Å². The molecular formula is C49H34N4. The summed E-state index contributed by atoms with van der Waals surface area (Å²) in [5.41, 5.74) is 16.3. The first-order chi connectivity index (χ1) is 26.0. The zero-order valence-corrected chi connectivity index (χ0v) is 29.5. The van der Waals surface area contributed by atoms with Gasteiger partial charge < -0.3 is 0 Å². The van der Waals surface area contributed by atoms with E-state index in [1.54, 1.807) is 6.20 Å². The van der Waals surface area contributed by atoms with Gasteiger partial charge in [-0.15, -0.1) is 0 Å². The van der Waals surface area contributed by atoms with Gasteiger partial charge >= 0.3 is 0 Å². The van der Waals surface area contributed by atoms with Crippen LogP contribution < -0.4 is 0 Å². The molecule has 6 aromatic carbocycles. The molecule has 0 saturated heterocycles. The first-order valence-corrected chi connectivity index (χ1v) is 17.8. The Kier molecular flexibility index (Phi) is 7.83. The maximum Gasteiger partial charge on any atom is 0.160 e. The molecule has 0 radical (unpaired) electrons. The zero-order chi connectivity index (χ0) is 35.9. The summed E-state index contributed by atoms with van der Waals surface area (Å²) < 4.78 is 0. The molecule has 0 amide bonds. The van der Waals surface area contributed by atoms with E-state index in [9.17, 15) is 5.26 Å². The Morgan fingerprint density at radius 2 is 1.08 bits per heavy atom. The lowest BCUT2D eigenvalue weighted by atomic mass is 9.79. The molecule has 4 nitrogen and oxygen atoms in total. The quantitative estimate of drug-likeness (QED) is 0.176. The average molecular weight is 679 g/mol. The average Bonchev–Trinajstić information content (AvgIpc) is 3.47. The molecule has 4 heteroatoms. The van der Waals surface area contributed by atoms with Crippen molar-refractivity contribution < 1.29 is 0 Å². The van der Waals surface area contributed by atoms with Crippen molar-refractivity contribution in [3.63, 3.8) is 0 Å². The van der Waals surface area contributed by atoms with Gasteiger partial charge in [0.2, 0.25) is 0 Å². The Bertz CT molecular complexity index is 2670. The molecule has 0 atom stereocenters. The van der Waals surface area contributed by atoms with Crippen LogP contribution in [0.4, 0.5) is 0 Å². The van der Waals surface area contributed by atoms with Crippen LogP contribution in [-0.4, -0.2) is 15.0 Å². The van der Waals surface area contributed by atoms with E-state index in [-0.39, 0.29) is 5.41 Å². The monoisotopic (exact) mass is 678 g/mol. The first kappa shape index (κ1) is 32.0.